The zero-order valence-electron chi connectivity index (χ0n) is 8.81. The van der Waals surface area contributed by atoms with E-state index in [0.29, 0.717) is 5.56 Å². The zero-order valence-corrected chi connectivity index (χ0v) is 8.81. The van der Waals surface area contributed by atoms with Gasteiger partial charge in [-0.25, -0.2) is 4.39 Å². The molecule has 5 heteroatoms. The number of hydrogen-bond donors (Lipinski definition) is 1. The fourth-order valence-corrected chi connectivity index (χ4v) is 1.22. The molecule has 86 valence electrons. The monoisotopic (exact) mass is 225 g/mol. The van der Waals surface area contributed by atoms with Crippen molar-refractivity contribution in [3.05, 3.63) is 29.6 Å². The van der Waals surface area contributed by atoms with Crippen LogP contribution in [0.3, 0.4) is 0 Å². The molecule has 1 rings (SSSR count). The molecule has 0 amide bonds. The number of benzene rings is 1. The van der Waals surface area contributed by atoms with Crippen LogP contribution in [0.25, 0.3) is 0 Å². The first-order valence-corrected chi connectivity index (χ1v) is 4.68. The highest BCUT2D eigenvalue weighted by Crippen LogP contribution is 2.23. The molecule has 1 aromatic carbocycles. The minimum Gasteiger partial charge on any atom is -0.494 e. The summed E-state index contributed by atoms with van der Waals surface area (Å²) in [4.78, 5) is 0. The predicted octanol–water partition coefficient (Wildman–Crippen LogP) is 1.41. The van der Waals surface area contributed by atoms with E-state index in [0.717, 1.165) is 0 Å². The highest BCUT2D eigenvalue weighted by Gasteiger charge is 2.13. The Hall–Kier alpha value is -1.64. The summed E-state index contributed by atoms with van der Waals surface area (Å²) in [5.74, 6) is -0.435. The molecular formula is C11H12FNO3. The van der Waals surface area contributed by atoms with Crippen molar-refractivity contribution in [3.8, 4) is 11.8 Å². The molecule has 0 bridgehead atoms. The van der Waals surface area contributed by atoms with Crippen molar-refractivity contribution < 1.29 is 19.0 Å². The molecule has 4 nitrogen and oxygen atoms in total. The van der Waals surface area contributed by atoms with Crippen molar-refractivity contribution >= 4 is 0 Å². The van der Waals surface area contributed by atoms with Crippen molar-refractivity contribution in [2.75, 3.05) is 20.3 Å². The second-order valence-electron chi connectivity index (χ2n) is 3.00. The molecule has 1 aromatic rings. The summed E-state index contributed by atoms with van der Waals surface area (Å²) >= 11 is 0. The Balaban J connectivity index is 2.86. The molecule has 0 aliphatic carbocycles. The van der Waals surface area contributed by atoms with Gasteiger partial charge in [0.05, 0.1) is 26.4 Å². The number of aliphatic hydroxyl groups is 1. The Morgan fingerprint density at radius 1 is 1.56 bits per heavy atom. The van der Waals surface area contributed by atoms with Crippen LogP contribution in [-0.2, 0) is 4.74 Å². The molecule has 0 fully saturated rings. The van der Waals surface area contributed by atoms with Gasteiger partial charge in [0.2, 0.25) is 0 Å². The number of hydrogen-bond acceptors (Lipinski definition) is 4. The van der Waals surface area contributed by atoms with E-state index in [1.54, 1.807) is 6.07 Å². The average molecular weight is 225 g/mol. The second-order valence-corrected chi connectivity index (χ2v) is 3.00. The van der Waals surface area contributed by atoms with E-state index in [-0.39, 0.29) is 19.0 Å². The summed E-state index contributed by atoms with van der Waals surface area (Å²) in [6, 6.07) is 6.04. The molecule has 1 atom stereocenters. The Morgan fingerprint density at radius 3 is 2.81 bits per heavy atom. The highest BCUT2D eigenvalue weighted by molar-refractivity contribution is 5.32. The first kappa shape index (κ1) is 12.4. The van der Waals surface area contributed by atoms with Crippen molar-refractivity contribution in [1.82, 2.24) is 0 Å². The minimum atomic E-state index is -0.882. The maximum Gasteiger partial charge on any atom is 0.169 e. The highest BCUT2D eigenvalue weighted by atomic mass is 19.1. The van der Waals surface area contributed by atoms with Crippen LogP contribution >= 0.6 is 0 Å². The lowest BCUT2D eigenvalue weighted by atomic mass is 10.1. The van der Waals surface area contributed by atoms with Crippen molar-refractivity contribution in [2.45, 2.75) is 6.10 Å². The third kappa shape index (κ3) is 2.92. The minimum absolute atomic E-state index is 0.0336. The third-order valence-electron chi connectivity index (χ3n) is 1.97. The van der Waals surface area contributed by atoms with E-state index in [1.807, 2.05) is 6.07 Å². The lowest BCUT2D eigenvalue weighted by Gasteiger charge is -2.11. The van der Waals surface area contributed by atoms with Gasteiger partial charge < -0.3 is 14.6 Å². The Labute approximate surface area is 92.8 Å². The Morgan fingerprint density at radius 2 is 2.31 bits per heavy atom. The normalized spacial score (nSPS) is 11.9. The molecular weight excluding hydrogens is 213 g/mol. The number of nitriles is 1. The van der Waals surface area contributed by atoms with E-state index >= 15 is 0 Å². The second kappa shape index (κ2) is 6.05. The van der Waals surface area contributed by atoms with Gasteiger partial charge in [0.1, 0.15) is 0 Å². The van der Waals surface area contributed by atoms with Crippen LogP contribution in [0.2, 0.25) is 0 Å². The van der Waals surface area contributed by atoms with Crippen LogP contribution in [0.15, 0.2) is 18.2 Å². The smallest absolute Gasteiger partial charge is 0.169 e. The van der Waals surface area contributed by atoms with Gasteiger partial charge in [-0.15, -0.1) is 0 Å². The van der Waals surface area contributed by atoms with Gasteiger partial charge >= 0.3 is 0 Å². The largest absolute Gasteiger partial charge is 0.494 e. The molecule has 0 saturated carbocycles. The lowest BCUT2D eigenvalue weighted by molar-refractivity contribution is 0.0579. The SMILES string of the molecule is COc1ccc(C(C#N)OCCO)cc1F. The number of nitrogens with zero attached hydrogens (tertiary/aromatic N) is 1. The molecule has 0 aromatic heterocycles. The topological polar surface area (TPSA) is 62.5 Å². The molecule has 1 N–H and O–H groups in total. The van der Waals surface area contributed by atoms with Gasteiger partial charge in [-0.2, -0.15) is 5.26 Å². The van der Waals surface area contributed by atoms with E-state index in [9.17, 15) is 4.39 Å². The van der Waals surface area contributed by atoms with Crippen molar-refractivity contribution in [1.29, 1.82) is 5.26 Å². The van der Waals surface area contributed by atoms with Crippen LogP contribution in [-0.4, -0.2) is 25.4 Å². The maximum atomic E-state index is 13.3. The van der Waals surface area contributed by atoms with Crippen LogP contribution in [0.1, 0.15) is 11.7 Å². The summed E-state index contributed by atoms with van der Waals surface area (Å²) < 4.78 is 23.1. The van der Waals surface area contributed by atoms with Crippen molar-refractivity contribution in [2.24, 2.45) is 0 Å². The van der Waals surface area contributed by atoms with Gasteiger partial charge in [0.15, 0.2) is 17.7 Å². The van der Waals surface area contributed by atoms with E-state index in [1.165, 1.54) is 19.2 Å². The van der Waals surface area contributed by atoms with Gasteiger partial charge in [-0.3, -0.25) is 0 Å². The van der Waals surface area contributed by atoms with E-state index in [2.05, 4.69) is 0 Å². The fraction of sp³-hybridized carbons (Fsp3) is 0.364. The standard InChI is InChI=1S/C11H12FNO3/c1-15-10-3-2-8(6-9(10)12)11(7-13)16-5-4-14/h2-3,6,11,14H,4-5H2,1H3. The molecule has 0 radical (unpaired) electrons. The van der Waals surface area contributed by atoms with Crippen LogP contribution in [0, 0.1) is 17.1 Å². The summed E-state index contributed by atoms with van der Waals surface area (Å²) in [6.45, 7) is -0.150. The van der Waals surface area contributed by atoms with Gasteiger partial charge in [-0.1, -0.05) is 6.07 Å². The molecule has 1 unspecified atom stereocenters. The molecule has 0 heterocycles. The van der Waals surface area contributed by atoms with Crippen LogP contribution in [0.4, 0.5) is 4.39 Å². The third-order valence-corrected chi connectivity index (χ3v) is 1.97. The quantitative estimate of drug-likeness (QED) is 0.822. The first-order chi connectivity index (χ1) is 7.72. The fourth-order valence-electron chi connectivity index (χ4n) is 1.22. The van der Waals surface area contributed by atoms with Gasteiger partial charge in [0, 0.05) is 0 Å². The van der Waals surface area contributed by atoms with Crippen molar-refractivity contribution in [3.63, 3.8) is 0 Å². The van der Waals surface area contributed by atoms with Gasteiger partial charge in [-0.05, 0) is 17.7 Å². The summed E-state index contributed by atoms with van der Waals surface area (Å²) in [7, 11) is 1.36. The summed E-state index contributed by atoms with van der Waals surface area (Å²) in [5, 5.41) is 17.4. The first-order valence-electron chi connectivity index (χ1n) is 4.68. The maximum absolute atomic E-state index is 13.3. The molecule has 16 heavy (non-hydrogen) atoms. The number of halogens is 1. The number of rotatable bonds is 5. The average Bonchev–Trinajstić information content (AvgIpc) is 2.30. The van der Waals surface area contributed by atoms with Crippen LogP contribution < -0.4 is 4.74 Å². The van der Waals surface area contributed by atoms with Crippen LogP contribution in [0.5, 0.6) is 5.75 Å². The Kier molecular flexibility index (Phi) is 4.70. The summed E-state index contributed by atoms with van der Waals surface area (Å²) in [5.41, 5.74) is 0.397. The number of ether oxygens (including phenoxy) is 2. The molecule has 0 aliphatic heterocycles. The molecule has 0 aliphatic rings. The lowest BCUT2D eigenvalue weighted by Crippen LogP contribution is -2.06. The van der Waals surface area contributed by atoms with Gasteiger partial charge in [0.25, 0.3) is 0 Å². The van der Waals surface area contributed by atoms with E-state index < -0.39 is 11.9 Å². The zero-order chi connectivity index (χ0) is 12.0. The van der Waals surface area contributed by atoms with E-state index in [4.69, 9.17) is 19.8 Å². The molecule has 0 saturated heterocycles. The number of aliphatic hydroxyl groups excluding tert-OH is 1. The number of methoxy groups -OCH3 is 1. The molecule has 0 spiro atoms. The predicted molar refractivity (Wildman–Crippen MR) is 54.3 cm³/mol. The Bertz CT molecular complexity index is 389. The summed E-state index contributed by atoms with van der Waals surface area (Å²) in [6.07, 6.45) is -0.882.